The SMILES string of the molecule is CC1(C)c2cc3ccccc3cc2-c2cccc(N(c3ccc4c5ccccc5n(-c5ccccc5)c4c3)c3ccc4ccccc4c3-c3ccc4ccccc4c3)c21. The summed E-state index contributed by atoms with van der Waals surface area (Å²) in [6.45, 7) is 4.82. The molecule has 0 N–H and O–H groups in total. The van der Waals surface area contributed by atoms with Gasteiger partial charge in [0.05, 0.1) is 22.4 Å². The summed E-state index contributed by atoms with van der Waals surface area (Å²) in [6, 6.07) is 76.4. The van der Waals surface area contributed by atoms with Gasteiger partial charge in [-0.15, -0.1) is 0 Å². The van der Waals surface area contributed by atoms with Crippen molar-refractivity contribution in [2.75, 3.05) is 4.90 Å². The summed E-state index contributed by atoms with van der Waals surface area (Å²) in [7, 11) is 0. The molecule has 0 unspecified atom stereocenters. The summed E-state index contributed by atoms with van der Waals surface area (Å²) < 4.78 is 2.43. The molecule has 1 aromatic heterocycles. The lowest BCUT2D eigenvalue weighted by Crippen LogP contribution is -2.21. The van der Waals surface area contributed by atoms with Crippen LogP contribution in [0.25, 0.3) is 82.1 Å². The minimum atomic E-state index is -0.271. The molecule has 0 fully saturated rings. The van der Waals surface area contributed by atoms with Crippen LogP contribution in [0.15, 0.2) is 206 Å². The molecule has 1 heterocycles. The van der Waals surface area contributed by atoms with Gasteiger partial charge in [0.25, 0.3) is 0 Å². The van der Waals surface area contributed by atoms with Gasteiger partial charge in [-0.05, 0) is 121 Å². The molecule has 0 radical (unpaired) electrons. The van der Waals surface area contributed by atoms with Crippen LogP contribution < -0.4 is 4.90 Å². The number of nitrogens with zero attached hydrogens (tertiary/aromatic N) is 2. The minimum absolute atomic E-state index is 0.271. The van der Waals surface area contributed by atoms with Crippen molar-refractivity contribution < 1.29 is 0 Å². The molecule has 0 bridgehead atoms. The molecular formula is C57H40N2. The van der Waals surface area contributed by atoms with Crippen molar-refractivity contribution in [3.8, 4) is 27.9 Å². The Balaban J connectivity index is 1.20. The van der Waals surface area contributed by atoms with Gasteiger partial charge in [-0.1, -0.05) is 159 Å². The van der Waals surface area contributed by atoms with Crippen LogP contribution in [0.1, 0.15) is 25.0 Å². The zero-order valence-corrected chi connectivity index (χ0v) is 33.0. The molecule has 10 aromatic carbocycles. The molecule has 0 aliphatic heterocycles. The number of para-hydroxylation sites is 2. The van der Waals surface area contributed by atoms with Crippen LogP contribution >= 0.6 is 0 Å². The molecule has 1 aliphatic rings. The first-order valence-electron chi connectivity index (χ1n) is 20.6. The standard InChI is InChI=1S/C57H40N2/c1-57(2)50-35-41-19-9-8-18-40(41)34-49(50)48-24-14-26-53(56(48)57)59(44-30-31-47-46-23-12-13-25-51(46)58(54(47)36-44)43-20-4-3-5-21-43)52-32-29-38-16-10-11-22-45(38)55(52)42-28-27-37-15-6-7-17-39(37)33-42/h3-36H,1-2H3. The zero-order valence-electron chi connectivity index (χ0n) is 33.0. The van der Waals surface area contributed by atoms with Gasteiger partial charge in [-0.2, -0.15) is 0 Å². The molecule has 278 valence electrons. The van der Waals surface area contributed by atoms with Gasteiger partial charge < -0.3 is 9.47 Å². The number of rotatable bonds is 5. The molecule has 0 saturated carbocycles. The second-order valence-electron chi connectivity index (χ2n) is 16.5. The van der Waals surface area contributed by atoms with E-state index in [9.17, 15) is 0 Å². The van der Waals surface area contributed by atoms with Gasteiger partial charge in [-0.25, -0.2) is 0 Å². The Labute approximate surface area is 343 Å². The van der Waals surface area contributed by atoms with Gasteiger partial charge in [0.15, 0.2) is 0 Å². The van der Waals surface area contributed by atoms with Crippen LogP contribution in [0.3, 0.4) is 0 Å². The summed E-state index contributed by atoms with van der Waals surface area (Å²) in [5.41, 5.74) is 14.4. The average Bonchev–Trinajstić information content (AvgIpc) is 3.73. The highest BCUT2D eigenvalue weighted by Gasteiger charge is 2.39. The first-order chi connectivity index (χ1) is 29.0. The second kappa shape index (κ2) is 12.8. The summed E-state index contributed by atoms with van der Waals surface area (Å²) in [6.07, 6.45) is 0. The summed E-state index contributed by atoms with van der Waals surface area (Å²) in [5, 5.41) is 9.94. The Morgan fingerprint density at radius 3 is 1.86 bits per heavy atom. The fourth-order valence-electron chi connectivity index (χ4n) is 10.2. The van der Waals surface area contributed by atoms with E-state index < -0.39 is 0 Å². The number of anilines is 3. The van der Waals surface area contributed by atoms with Crippen LogP contribution in [0.2, 0.25) is 0 Å². The normalized spacial score (nSPS) is 13.1. The number of hydrogen-bond donors (Lipinski definition) is 0. The molecule has 11 aromatic rings. The van der Waals surface area contributed by atoms with Crippen molar-refractivity contribution in [2.24, 2.45) is 0 Å². The van der Waals surface area contributed by atoms with E-state index in [0.717, 1.165) is 17.1 Å². The Bertz CT molecular complexity index is 3480. The molecule has 2 nitrogen and oxygen atoms in total. The Morgan fingerprint density at radius 1 is 0.407 bits per heavy atom. The molecule has 12 rings (SSSR count). The molecular weight excluding hydrogens is 713 g/mol. The van der Waals surface area contributed by atoms with E-state index in [4.69, 9.17) is 0 Å². The van der Waals surface area contributed by atoms with Crippen LogP contribution in [0.4, 0.5) is 17.1 Å². The fraction of sp³-hybridized carbons (Fsp3) is 0.0526. The third-order valence-corrected chi connectivity index (χ3v) is 12.9. The van der Waals surface area contributed by atoms with Crippen molar-refractivity contribution >= 4 is 71.2 Å². The van der Waals surface area contributed by atoms with Crippen molar-refractivity contribution in [3.63, 3.8) is 0 Å². The van der Waals surface area contributed by atoms with E-state index in [1.807, 2.05) is 0 Å². The lowest BCUT2D eigenvalue weighted by Gasteiger charge is -2.34. The number of hydrogen-bond acceptors (Lipinski definition) is 1. The molecule has 0 spiro atoms. The quantitative estimate of drug-likeness (QED) is 0.170. The Morgan fingerprint density at radius 2 is 1.05 bits per heavy atom. The van der Waals surface area contributed by atoms with E-state index in [1.165, 1.54) is 93.2 Å². The predicted octanol–water partition coefficient (Wildman–Crippen LogP) is 15.7. The molecule has 0 atom stereocenters. The van der Waals surface area contributed by atoms with Gasteiger partial charge in [-0.3, -0.25) is 0 Å². The first-order valence-corrected chi connectivity index (χ1v) is 20.6. The highest BCUT2D eigenvalue weighted by atomic mass is 15.2. The average molecular weight is 753 g/mol. The zero-order chi connectivity index (χ0) is 39.2. The topological polar surface area (TPSA) is 8.17 Å². The molecule has 1 aliphatic carbocycles. The fourth-order valence-corrected chi connectivity index (χ4v) is 10.2. The molecule has 59 heavy (non-hydrogen) atoms. The van der Waals surface area contributed by atoms with Gasteiger partial charge in [0.2, 0.25) is 0 Å². The maximum Gasteiger partial charge on any atom is 0.0561 e. The van der Waals surface area contributed by atoms with Crippen molar-refractivity contribution in [1.29, 1.82) is 0 Å². The number of aromatic nitrogens is 1. The Kier molecular flexibility index (Phi) is 7.31. The van der Waals surface area contributed by atoms with Crippen LogP contribution in [-0.4, -0.2) is 4.57 Å². The monoisotopic (exact) mass is 752 g/mol. The molecule has 2 heteroatoms. The lowest BCUT2D eigenvalue weighted by atomic mass is 9.80. The van der Waals surface area contributed by atoms with Gasteiger partial charge in [0, 0.05) is 33.1 Å². The molecule has 0 saturated heterocycles. The minimum Gasteiger partial charge on any atom is -0.309 e. The predicted molar refractivity (Wildman–Crippen MR) is 251 cm³/mol. The highest BCUT2D eigenvalue weighted by Crippen LogP contribution is 2.56. The second-order valence-corrected chi connectivity index (χ2v) is 16.5. The van der Waals surface area contributed by atoms with E-state index >= 15 is 0 Å². The lowest BCUT2D eigenvalue weighted by molar-refractivity contribution is 0.661. The van der Waals surface area contributed by atoms with Crippen molar-refractivity contribution in [3.05, 3.63) is 217 Å². The maximum atomic E-state index is 2.57. The summed E-state index contributed by atoms with van der Waals surface area (Å²) >= 11 is 0. The van der Waals surface area contributed by atoms with E-state index in [-0.39, 0.29) is 5.41 Å². The van der Waals surface area contributed by atoms with E-state index in [1.54, 1.807) is 0 Å². The number of benzene rings is 10. The third kappa shape index (κ3) is 5.06. The third-order valence-electron chi connectivity index (χ3n) is 12.9. The van der Waals surface area contributed by atoms with Crippen LogP contribution in [0, 0.1) is 0 Å². The van der Waals surface area contributed by atoms with Crippen molar-refractivity contribution in [1.82, 2.24) is 4.57 Å². The first kappa shape index (κ1) is 33.7. The number of fused-ring (bicyclic) bond motifs is 9. The van der Waals surface area contributed by atoms with Gasteiger partial charge in [0.1, 0.15) is 0 Å². The Hall–Kier alpha value is -7.42. The van der Waals surface area contributed by atoms with E-state index in [0.29, 0.717) is 0 Å². The smallest absolute Gasteiger partial charge is 0.0561 e. The van der Waals surface area contributed by atoms with Gasteiger partial charge >= 0.3 is 0 Å². The van der Waals surface area contributed by atoms with Crippen LogP contribution in [-0.2, 0) is 5.41 Å². The molecule has 0 amide bonds. The summed E-state index contributed by atoms with van der Waals surface area (Å²) in [4.78, 5) is 2.57. The van der Waals surface area contributed by atoms with E-state index in [2.05, 4.69) is 230 Å². The largest absolute Gasteiger partial charge is 0.309 e. The maximum absolute atomic E-state index is 2.57. The summed E-state index contributed by atoms with van der Waals surface area (Å²) in [5.74, 6) is 0. The van der Waals surface area contributed by atoms with Crippen LogP contribution in [0.5, 0.6) is 0 Å². The van der Waals surface area contributed by atoms with Crippen molar-refractivity contribution in [2.45, 2.75) is 19.3 Å². The highest BCUT2D eigenvalue weighted by molar-refractivity contribution is 6.12.